The molecule has 0 radical (unpaired) electrons. The van der Waals surface area contributed by atoms with Crippen LogP contribution in [0.3, 0.4) is 0 Å². The molecule has 0 N–H and O–H groups in total. The van der Waals surface area contributed by atoms with E-state index >= 15 is 0 Å². The molecule has 0 fully saturated rings. The van der Waals surface area contributed by atoms with E-state index in [0.717, 1.165) is 0 Å². The van der Waals surface area contributed by atoms with Crippen LogP contribution in [-0.4, -0.2) is 9.58 Å². The summed E-state index contributed by atoms with van der Waals surface area (Å²) in [4.78, 5) is 11.5. The van der Waals surface area contributed by atoms with Crippen LogP contribution in [0.15, 0.2) is 24.3 Å². The first-order valence-corrected chi connectivity index (χ1v) is 6.18. The largest absolute Gasteiger partial charge is 0.289 e. The number of Topliss-reactive ketones (excluding diaryl/α,β-unsaturated/α-hetero) is 1. The van der Waals surface area contributed by atoms with Crippen LogP contribution >= 0.6 is 69.6 Å². The molecule has 1 aromatic rings. The molecule has 1 nitrogen and oxygen atoms in total. The minimum absolute atomic E-state index is 0.234. The van der Waals surface area contributed by atoms with Crippen molar-refractivity contribution < 1.29 is 4.79 Å². The first-order valence-electron chi connectivity index (χ1n) is 3.91. The van der Waals surface area contributed by atoms with E-state index in [1.807, 2.05) is 0 Å². The normalized spacial score (nSPS) is 12.6. The Hall–Kier alpha value is 0.630. The molecule has 0 unspecified atom stereocenters. The monoisotopic (exact) mass is 338 g/mol. The minimum Gasteiger partial charge on any atom is -0.289 e. The van der Waals surface area contributed by atoms with Crippen LogP contribution in [-0.2, 0) is 3.79 Å². The van der Waals surface area contributed by atoms with Gasteiger partial charge in [-0.05, 0) is 0 Å². The topological polar surface area (TPSA) is 17.1 Å². The summed E-state index contributed by atoms with van der Waals surface area (Å²) in [6.07, 6.45) is 0. The molecule has 0 aliphatic heterocycles. The maximum Gasteiger partial charge on any atom is 0.253 e. The van der Waals surface area contributed by atoms with Crippen molar-refractivity contribution in [3.05, 3.63) is 35.4 Å². The number of ketones is 1. The molecule has 0 aliphatic carbocycles. The smallest absolute Gasteiger partial charge is 0.253 e. The fraction of sp³-hybridized carbons (Fsp3) is 0.222. The zero-order chi connectivity index (χ0) is 12.6. The summed E-state index contributed by atoms with van der Waals surface area (Å²) in [6, 6.07) is 5.83. The molecule has 1 rings (SSSR count). The Morgan fingerprint density at radius 1 is 0.875 bits per heavy atom. The number of rotatable bonds is 1. The van der Waals surface area contributed by atoms with Gasteiger partial charge in [0.05, 0.1) is 0 Å². The van der Waals surface area contributed by atoms with Gasteiger partial charge < -0.3 is 0 Å². The Morgan fingerprint density at radius 2 is 1.31 bits per heavy atom. The van der Waals surface area contributed by atoms with Crippen molar-refractivity contribution >= 4 is 75.4 Å². The van der Waals surface area contributed by atoms with Crippen LogP contribution in [0.4, 0.5) is 0 Å². The minimum atomic E-state index is -1.98. The highest BCUT2D eigenvalue weighted by Gasteiger charge is 2.32. The lowest BCUT2D eigenvalue weighted by Gasteiger charge is -2.13. The van der Waals surface area contributed by atoms with Gasteiger partial charge >= 0.3 is 0 Å². The van der Waals surface area contributed by atoms with E-state index in [1.54, 1.807) is 0 Å². The molecule has 0 aromatic heterocycles. The van der Waals surface area contributed by atoms with Gasteiger partial charge in [0.2, 0.25) is 9.58 Å². The lowest BCUT2D eigenvalue weighted by Crippen LogP contribution is -2.18. The Bertz CT molecular complexity index is 386. The summed E-state index contributed by atoms with van der Waals surface area (Å²) in [5.41, 5.74) is 0.663. The molecule has 0 saturated carbocycles. The molecule has 0 saturated heterocycles. The Morgan fingerprint density at radius 3 is 1.62 bits per heavy atom. The summed E-state index contributed by atoms with van der Waals surface area (Å²) in [7, 11) is 0. The fourth-order valence-corrected chi connectivity index (χ4v) is 1.68. The zero-order valence-electron chi connectivity index (χ0n) is 7.49. The Labute approximate surface area is 123 Å². The molecule has 0 amide bonds. The Balaban J connectivity index is 3.01. The van der Waals surface area contributed by atoms with Gasteiger partial charge in [0.15, 0.2) is 0 Å². The summed E-state index contributed by atoms with van der Waals surface area (Å²) in [5, 5.41) is 0. The van der Waals surface area contributed by atoms with E-state index in [0.29, 0.717) is 5.56 Å². The average molecular weight is 341 g/mol. The van der Waals surface area contributed by atoms with Crippen molar-refractivity contribution in [1.29, 1.82) is 0 Å². The Kier molecular flexibility index (Phi) is 4.68. The molecule has 0 spiro atoms. The zero-order valence-corrected chi connectivity index (χ0v) is 12.0. The van der Waals surface area contributed by atoms with Crippen LogP contribution in [0.2, 0.25) is 0 Å². The van der Waals surface area contributed by atoms with E-state index in [1.165, 1.54) is 24.3 Å². The third kappa shape index (κ3) is 3.83. The van der Waals surface area contributed by atoms with E-state index in [2.05, 4.69) is 0 Å². The number of hydrogen-bond acceptors (Lipinski definition) is 1. The average Bonchev–Trinajstić information content (AvgIpc) is 2.14. The molecule has 0 atom stereocenters. The van der Waals surface area contributed by atoms with Gasteiger partial charge in [0.25, 0.3) is 3.79 Å². The van der Waals surface area contributed by atoms with Crippen LogP contribution < -0.4 is 0 Å². The molecule has 0 bridgehead atoms. The van der Waals surface area contributed by atoms with Gasteiger partial charge in [-0.3, -0.25) is 4.79 Å². The van der Waals surface area contributed by atoms with Gasteiger partial charge in [0, 0.05) is 11.1 Å². The molecule has 16 heavy (non-hydrogen) atoms. The van der Waals surface area contributed by atoms with Crippen molar-refractivity contribution in [3.8, 4) is 0 Å². The molecule has 88 valence electrons. The second-order valence-corrected chi connectivity index (χ2v) is 7.46. The van der Waals surface area contributed by atoms with Crippen molar-refractivity contribution in [1.82, 2.24) is 0 Å². The second kappa shape index (κ2) is 5.09. The van der Waals surface area contributed by atoms with Crippen LogP contribution in [0, 0.1) is 0 Å². The maximum atomic E-state index is 11.5. The quantitative estimate of drug-likeness (QED) is 0.515. The third-order valence-electron chi connectivity index (χ3n) is 1.73. The summed E-state index contributed by atoms with van der Waals surface area (Å²) < 4.78 is -3.52. The predicted molar refractivity (Wildman–Crippen MR) is 70.3 cm³/mol. The highest BCUT2D eigenvalue weighted by Crippen LogP contribution is 2.38. The molecule has 0 aliphatic rings. The van der Waals surface area contributed by atoms with Gasteiger partial charge in [-0.2, -0.15) is 0 Å². The second-order valence-electron chi connectivity index (χ2n) is 2.90. The number of halogens is 6. The van der Waals surface area contributed by atoms with Crippen molar-refractivity contribution in [2.24, 2.45) is 0 Å². The van der Waals surface area contributed by atoms with Crippen molar-refractivity contribution in [2.45, 2.75) is 7.59 Å². The van der Waals surface area contributed by atoms with Crippen LogP contribution in [0.25, 0.3) is 0 Å². The molecule has 1 aromatic carbocycles. The first-order chi connectivity index (χ1) is 7.12. The number of benzene rings is 1. The standard InChI is InChI=1S/C9H4Cl6O/c10-8(11,12)6-3-1-5(2-4-6)7(16)9(13,14)15/h1-4H. The van der Waals surface area contributed by atoms with Crippen molar-refractivity contribution in [3.63, 3.8) is 0 Å². The predicted octanol–water partition coefficient (Wildman–Crippen LogP) is 5.07. The lowest BCUT2D eigenvalue weighted by molar-refractivity contribution is 0.0996. The lowest BCUT2D eigenvalue weighted by atomic mass is 10.1. The molecule has 7 heteroatoms. The summed E-state index contributed by atoms with van der Waals surface area (Å²) in [5.74, 6) is -0.631. The summed E-state index contributed by atoms with van der Waals surface area (Å²) in [6.45, 7) is 0. The van der Waals surface area contributed by atoms with Gasteiger partial charge in [-0.15, -0.1) is 0 Å². The maximum absolute atomic E-state index is 11.5. The fourth-order valence-electron chi connectivity index (χ4n) is 0.974. The van der Waals surface area contributed by atoms with Gasteiger partial charge in [0.1, 0.15) is 0 Å². The van der Waals surface area contributed by atoms with Gasteiger partial charge in [-0.1, -0.05) is 93.9 Å². The highest BCUT2D eigenvalue weighted by molar-refractivity contribution is 6.77. The van der Waals surface area contributed by atoms with Crippen LogP contribution in [0.1, 0.15) is 15.9 Å². The number of hydrogen-bond donors (Lipinski definition) is 0. The number of carbonyl (C=O) groups is 1. The molecular formula is C9H4Cl6O. The summed E-state index contributed by atoms with van der Waals surface area (Å²) >= 11 is 33.3. The number of carbonyl (C=O) groups excluding carboxylic acids is 1. The SMILES string of the molecule is O=C(c1ccc(C(Cl)(Cl)Cl)cc1)C(Cl)(Cl)Cl. The van der Waals surface area contributed by atoms with Crippen LogP contribution in [0.5, 0.6) is 0 Å². The molecule has 0 heterocycles. The number of alkyl halides is 6. The highest BCUT2D eigenvalue weighted by atomic mass is 35.6. The third-order valence-corrected chi connectivity index (χ3v) is 2.90. The van der Waals surface area contributed by atoms with E-state index in [9.17, 15) is 4.79 Å². The molecular weight excluding hydrogens is 337 g/mol. The first kappa shape index (κ1) is 14.7. The van der Waals surface area contributed by atoms with E-state index in [-0.39, 0.29) is 5.56 Å². The van der Waals surface area contributed by atoms with Gasteiger partial charge in [-0.25, -0.2) is 0 Å². The van der Waals surface area contributed by atoms with E-state index < -0.39 is 13.4 Å². The van der Waals surface area contributed by atoms with E-state index in [4.69, 9.17) is 69.6 Å². The van der Waals surface area contributed by atoms with Crippen molar-refractivity contribution in [2.75, 3.05) is 0 Å².